The predicted molar refractivity (Wildman–Crippen MR) is 58.0 cm³/mol. The Bertz CT molecular complexity index is 128. The molecule has 1 saturated heterocycles. The Kier molecular flexibility index (Phi) is 4.74. The Morgan fingerprint density at radius 1 is 1.23 bits per heavy atom. The molecule has 0 aromatic heterocycles. The van der Waals surface area contributed by atoms with Gasteiger partial charge < -0.3 is 10.2 Å². The number of nitrogens with zero attached hydrogens (tertiary/aromatic N) is 1. The van der Waals surface area contributed by atoms with Crippen LogP contribution in [0.5, 0.6) is 0 Å². The topological polar surface area (TPSA) is 15.3 Å². The van der Waals surface area contributed by atoms with Crippen molar-refractivity contribution in [2.75, 3.05) is 26.2 Å². The molecule has 1 aliphatic rings. The van der Waals surface area contributed by atoms with E-state index in [0.717, 1.165) is 12.5 Å². The molecular weight excluding hydrogens is 160 g/mol. The first-order valence-corrected chi connectivity index (χ1v) is 5.69. The Morgan fingerprint density at radius 3 is 2.31 bits per heavy atom. The van der Waals surface area contributed by atoms with Crippen molar-refractivity contribution in [1.29, 1.82) is 0 Å². The molecule has 0 bridgehead atoms. The van der Waals surface area contributed by atoms with E-state index >= 15 is 0 Å². The lowest BCUT2D eigenvalue weighted by Gasteiger charge is -2.27. The van der Waals surface area contributed by atoms with Crippen molar-refractivity contribution in [2.24, 2.45) is 5.92 Å². The van der Waals surface area contributed by atoms with Crippen LogP contribution in [0.2, 0.25) is 0 Å². The summed E-state index contributed by atoms with van der Waals surface area (Å²) in [7, 11) is 0. The largest absolute Gasteiger partial charge is 0.313 e. The van der Waals surface area contributed by atoms with Gasteiger partial charge in [-0.2, -0.15) is 0 Å². The zero-order chi connectivity index (χ0) is 9.68. The average molecular weight is 184 g/mol. The number of likely N-dealkylation sites (N-methyl/N-ethyl adjacent to an activating group) is 1. The van der Waals surface area contributed by atoms with Gasteiger partial charge in [0.1, 0.15) is 0 Å². The van der Waals surface area contributed by atoms with Gasteiger partial charge in [-0.3, -0.25) is 0 Å². The third kappa shape index (κ3) is 3.65. The van der Waals surface area contributed by atoms with E-state index < -0.39 is 0 Å². The third-order valence-corrected chi connectivity index (χ3v) is 2.92. The highest BCUT2D eigenvalue weighted by Gasteiger charge is 2.18. The molecule has 1 fully saturated rings. The van der Waals surface area contributed by atoms with Crippen molar-refractivity contribution in [1.82, 2.24) is 10.2 Å². The maximum absolute atomic E-state index is 3.57. The SMILES string of the molecule is CCN[C@H](CN1CCCC1)C(C)C. The van der Waals surface area contributed by atoms with Crippen molar-refractivity contribution in [3.05, 3.63) is 0 Å². The first-order chi connectivity index (χ1) is 6.24. The maximum Gasteiger partial charge on any atom is 0.0217 e. The highest BCUT2D eigenvalue weighted by Crippen LogP contribution is 2.11. The fraction of sp³-hybridized carbons (Fsp3) is 1.00. The van der Waals surface area contributed by atoms with Crippen LogP contribution in [-0.2, 0) is 0 Å². The molecule has 1 aliphatic heterocycles. The highest BCUT2D eigenvalue weighted by molar-refractivity contribution is 4.77. The summed E-state index contributed by atoms with van der Waals surface area (Å²) in [6, 6.07) is 0.683. The van der Waals surface area contributed by atoms with Crippen LogP contribution in [0, 0.1) is 5.92 Å². The summed E-state index contributed by atoms with van der Waals surface area (Å²) in [5.41, 5.74) is 0. The summed E-state index contributed by atoms with van der Waals surface area (Å²) < 4.78 is 0. The molecule has 2 nitrogen and oxygen atoms in total. The molecule has 0 aromatic carbocycles. The normalized spacial score (nSPS) is 21.2. The lowest BCUT2D eigenvalue weighted by Crippen LogP contribution is -2.43. The van der Waals surface area contributed by atoms with Gasteiger partial charge in [0.15, 0.2) is 0 Å². The Morgan fingerprint density at radius 2 is 1.85 bits per heavy atom. The van der Waals surface area contributed by atoms with Crippen molar-refractivity contribution in [2.45, 2.75) is 39.7 Å². The lowest BCUT2D eigenvalue weighted by atomic mass is 10.0. The molecule has 78 valence electrons. The van der Waals surface area contributed by atoms with Crippen LogP contribution in [0.25, 0.3) is 0 Å². The minimum atomic E-state index is 0.683. The predicted octanol–water partition coefficient (Wildman–Crippen LogP) is 1.72. The van der Waals surface area contributed by atoms with Gasteiger partial charge in [0, 0.05) is 12.6 Å². The summed E-state index contributed by atoms with van der Waals surface area (Å²) >= 11 is 0. The van der Waals surface area contributed by atoms with Crippen molar-refractivity contribution in [3.63, 3.8) is 0 Å². The second kappa shape index (κ2) is 5.61. The van der Waals surface area contributed by atoms with E-state index in [4.69, 9.17) is 0 Å². The van der Waals surface area contributed by atoms with Crippen molar-refractivity contribution < 1.29 is 0 Å². The molecule has 2 heteroatoms. The van der Waals surface area contributed by atoms with Gasteiger partial charge in [-0.25, -0.2) is 0 Å². The first-order valence-electron chi connectivity index (χ1n) is 5.69. The number of hydrogen-bond donors (Lipinski definition) is 1. The molecule has 0 unspecified atom stereocenters. The Balaban J connectivity index is 2.27. The molecule has 0 spiro atoms. The molecule has 1 atom stereocenters. The molecule has 13 heavy (non-hydrogen) atoms. The second-order valence-corrected chi connectivity index (χ2v) is 4.42. The number of likely N-dealkylation sites (tertiary alicyclic amines) is 1. The monoisotopic (exact) mass is 184 g/mol. The third-order valence-electron chi connectivity index (χ3n) is 2.92. The quantitative estimate of drug-likeness (QED) is 0.700. The minimum absolute atomic E-state index is 0.683. The van der Waals surface area contributed by atoms with Gasteiger partial charge in [0.2, 0.25) is 0 Å². The van der Waals surface area contributed by atoms with Crippen LogP contribution in [0.1, 0.15) is 33.6 Å². The van der Waals surface area contributed by atoms with Crippen LogP contribution in [0.15, 0.2) is 0 Å². The molecule has 1 heterocycles. The van der Waals surface area contributed by atoms with E-state index in [-0.39, 0.29) is 0 Å². The molecule has 1 rings (SSSR count). The summed E-state index contributed by atoms with van der Waals surface area (Å²) in [6.07, 6.45) is 2.80. The number of hydrogen-bond acceptors (Lipinski definition) is 2. The molecule has 0 amide bonds. The van der Waals surface area contributed by atoms with Gasteiger partial charge in [-0.1, -0.05) is 20.8 Å². The molecule has 0 saturated carbocycles. The Hall–Kier alpha value is -0.0800. The molecule has 0 aliphatic carbocycles. The Labute approximate surface area is 82.7 Å². The summed E-state index contributed by atoms with van der Waals surface area (Å²) in [6.45, 7) is 11.8. The minimum Gasteiger partial charge on any atom is -0.313 e. The van der Waals surface area contributed by atoms with Gasteiger partial charge in [0.05, 0.1) is 0 Å². The van der Waals surface area contributed by atoms with E-state index in [2.05, 4.69) is 31.0 Å². The van der Waals surface area contributed by atoms with E-state index in [1.807, 2.05) is 0 Å². The average Bonchev–Trinajstić information content (AvgIpc) is 2.56. The van der Waals surface area contributed by atoms with Gasteiger partial charge >= 0.3 is 0 Å². The van der Waals surface area contributed by atoms with Crippen LogP contribution in [0.4, 0.5) is 0 Å². The van der Waals surface area contributed by atoms with Crippen molar-refractivity contribution >= 4 is 0 Å². The van der Waals surface area contributed by atoms with Crippen LogP contribution < -0.4 is 5.32 Å². The zero-order valence-electron chi connectivity index (χ0n) is 9.34. The first kappa shape index (κ1) is 11.0. The second-order valence-electron chi connectivity index (χ2n) is 4.42. The van der Waals surface area contributed by atoms with Crippen LogP contribution in [-0.4, -0.2) is 37.1 Å². The zero-order valence-corrected chi connectivity index (χ0v) is 9.34. The van der Waals surface area contributed by atoms with Gasteiger partial charge in [-0.05, 0) is 38.4 Å². The van der Waals surface area contributed by atoms with E-state index in [0.29, 0.717) is 6.04 Å². The smallest absolute Gasteiger partial charge is 0.0217 e. The van der Waals surface area contributed by atoms with E-state index in [1.165, 1.54) is 32.5 Å². The maximum atomic E-state index is 3.57. The summed E-state index contributed by atoms with van der Waals surface area (Å²) in [5, 5.41) is 3.57. The van der Waals surface area contributed by atoms with Crippen molar-refractivity contribution in [3.8, 4) is 0 Å². The highest BCUT2D eigenvalue weighted by atomic mass is 15.2. The lowest BCUT2D eigenvalue weighted by molar-refractivity contribution is 0.257. The molecule has 0 aromatic rings. The van der Waals surface area contributed by atoms with Crippen LogP contribution in [0.3, 0.4) is 0 Å². The van der Waals surface area contributed by atoms with Gasteiger partial charge in [0.25, 0.3) is 0 Å². The van der Waals surface area contributed by atoms with Gasteiger partial charge in [-0.15, -0.1) is 0 Å². The number of nitrogens with one attached hydrogen (secondary N) is 1. The summed E-state index contributed by atoms with van der Waals surface area (Å²) in [5.74, 6) is 0.751. The molecular formula is C11H24N2. The fourth-order valence-electron chi connectivity index (χ4n) is 2.02. The molecule has 1 N–H and O–H groups in total. The van der Waals surface area contributed by atoms with Crippen LogP contribution >= 0.6 is 0 Å². The number of rotatable bonds is 5. The van der Waals surface area contributed by atoms with E-state index in [9.17, 15) is 0 Å². The van der Waals surface area contributed by atoms with E-state index in [1.54, 1.807) is 0 Å². The standard InChI is InChI=1S/C11H24N2/c1-4-12-11(10(2)3)9-13-7-5-6-8-13/h10-12H,4-9H2,1-3H3/t11-/m1/s1. The fourth-order valence-corrected chi connectivity index (χ4v) is 2.02. The summed E-state index contributed by atoms with van der Waals surface area (Å²) in [4.78, 5) is 2.59. The molecule has 0 radical (unpaired) electrons.